The highest BCUT2D eigenvalue weighted by Gasteiger charge is 2.42. The molecular weight excluding hydrogens is 267 g/mol. The van der Waals surface area contributed by atoms with Crippen molar-refractivity contribution in [3.63, 3.8) is 0 Å². The highest BCUT2D eigenvalue weighted by atomic mass is 19.4. The van der Waals surface area contributed by atoms with E-state index in [1.807, 2.05) is 0 Å². The standard InChI is InChI=1S/C11H12F3NO4/c1-7(10(16)11(12,13)14)19-6-8-2-4-9(5-3-8)15(17)18/h2-5,7,10,16H,6H2,1H3/t7-,10-/m0/s1. The molecule has 0 aliphatic rings. The summed E-state index contributed by atoms with van der Waals surface area (Å²) in [4.78, 5) is 9.81. The van der Waals surface area contributed by atoms with Crippen LogP contribution < -0.4 is 0 Å². The van der Waals surface area contributed by atoms with Crippen molar-refractivity contribution in [1.82, 2.24) is 0 Å². The van der Waals surface area contributed by atoms with Crippen LogP contribution in [0, 0.1) is 10.1 Å². The summed E-state index contributed by atoms with van der Waals surface area (Å²) >= 11 is 0. The maximum Gasteiger partial charge on any atom is 0.416 e. The molecule has 0 heterocycles. The number of nitro benzene ring substituents is 1. The van der Waals surface area contributed by atoms with Gasteiger partial charge in [-0.1, -0.05) is 0 Å². The number of benzene rings is 1. The average molecular weight is 279 g/mol. The van der Waals surface area contributed by atoms with Gasteiger partial charge in [-0.25, -0.2) is 0 Å². The third-order valence-corrected chi connectivity index (χ3v) is 2.44. The van der Waals surface area contributed by atoms with E-state index in [1.165, 1.54) is 24.3 Å². The Morgan fingerprint density at radius 1 is 1.37 bits per heavy atom. The van der Waals surface area contributed by atoms with Crippen LogP contribution in [-0.2, 0) is 11.3 Å². The van der Waals surface area contributed by atoms with Crippen LogP contribution in [0.2, 0.25) is 0 Å². The van der Waals surface area contributed by atoms with Crippen molar-refractivity contribution in [2.45, 2.75) is 31.9 Å². The SMILES string of the molecule is C[C@H](OCc1ccc([N+](=O)[O-])cc1)[C@H](O)C(F)(F)F. The average Bonchev–Trinajstić information content (AvgIpc) is 2.34. The van der Waals surface area contributed by atoms with Gasteiger partial charge in [0.25, 0.3) is 5.69 Å². The van der Waals surface area contributed by atoms with Gasteiger partial charge >= 0.3 is 6.18 Å². The van der Waals surface area contributed by atoms with Gasteiger partial charge in [-0.15, -0.1) is 0 Å². The van der Waals surface area contributed by atoms with E-state index in [2.05, 4.69) is 0 Å². The summed E-state index contributed by atoms with van der Waals surface area (Å²) in [7, 11) is 0. The number of nitrogens with zero attached hydrogens (tertiary/aromatic N) is 1. The van der Waals surface area contributed by atoms with E-state index in [0.29, 0.717) is 5.56 Å². The third-order valence-electron chi connectivity index (χ3n) is 2.44. The van der Waals surface area contributed by atoms with Crippen molar-refractivity contribution in [3.8, 4) is 0 Å². The lowest BCUT2D eigenvalue weighted by atomic mass is 10.2. The van der Waals surface area contributed by atoms with Gasteiger partial charge in [0.2, 0.25) is 0 Å². The Morgan fingerprint density at radius 2 is 1.89 bits per heavy atom. The lowest BCUT2D eigenvalue weighted by Gasteiger charge is -2.21. The van der Waals surface area contributed by atoms with E-state index in [1.54, 1.807) is 0 Å². The van der Waals surface area contributed by atoms with Crippen LogP contribution in [0.3, 0.4) is 0 Å². The number of hydrogen-bond donors (Lipinski definition) is 1. The second kappa shape index (κ2) is 5.98. The number of rotatable bonds is 5. The van der Waals surface area contributed by atoms with Gasteiger partial charge in [0.15, 0.2) is 6.10 Å². The molecule has 106 valence electrons. The molecule has 5 nitrogen and oxygen atoms in total. The first-order valence-electron chi connectivity index (χ1n) is 5.31. The minimum atomic E-state index is -4.74. The van der Waals surface area contributed by atoms with Gasteiger partial charge in [0, 0.05) is 12.1 Å². The molecule has 0 fully saturated rings. The molecule has 0 saturated heterocycles. The summed E-state index contributed by atoms with van der Waals surface area (Å²) in [5.74, 6) is 0. The largest absolute Gasteiger partial charge is 0.416 e. The minimum absolute atomic E-state index is 0.118. The molecule has 0 aromatic heterocycles. The van der Waals surface area contributed by atoms with Crippen LogP contribution >= 0.6 is 0 Å². The topological polar surface area (TPSA) is 72.6 Å². The first-order valence-corrected chi connectivity index (χ1v) is 5.31. The molecule has 0 unspecified atom stereocenters. The van der Waals surface area contributed by atoms with Gasteiger partial charge in [-0.2, -0.15) is 13.2 Å². The van der Waals surface area contributed by atoms with E-state index in [-0.39, 0.29) is 12.3 Å². The number of alkyl halides is 3. The van der Waals surface area contributed by atoms with Gasteiger partial charge in [-0.05, 0) is 24.6 Å². The van der Waals surface area contributed by atoms with Crippen LogP contribution in [0.4, 0.5) is 18.9 Å². The van der Waals surface area contributed by atoms with Crippen LogP contribution in [0.15, 0.2) is 24.3 Å². The molecule has 1 rings (SSSR count). The summed E-state index contributed by atoms with van der Waals surface area (Å²) in [6.45, 7) is 0.926. The molecule has 1 aromatic carbocycles. The molecule has 0 radical (unpaired) electrons. The fourth-order valence-corrected chi connectivity index (χ4v) is 1.30. The van der Waals surface area contributed by atoms with Gasteiger partial charge in [-0.3, -0.25) is 10.1 Å². The highest BCUT2D eigenvalue weighted by molar-refractivity contribution is 5.32. The molecule has 0 aliphatic carbocycles. The zero-order valence-corrected chi connectivity index (χ0v) is 9.92. The molecule has 0 spiro atoms. The zero-order chi connectivity index (χ0) is 14.6. The zero-order valence-electron chi connectivity index (χ0n) is 9.92. The van der Waals surface area contributed by atoms with Crippen molar-refractivity contribution >= 4 is 5.69 Å². The Bertz CT molecular complexity index is 433. The number of aliphatic hydroxyl groups is 1. The van der Waals surface area contributed by atoms with Crippen LogP contribution in [-0.4, -0.2) is 28.4 Å². The lowest BCUT2D eigenvalue weighted by molar-refractivity contribution is -0.384. The molecule has 0 amide bonds. The van der Waals surface area contributed by atoms with E-state index >= 15 is 0 Å². The van der Waals surface area contributed by atoms with Crippen LogP contribution in [0.25, 0.3) is 0 Å². The van der Waals surface area contributed by atoms with E-state index in [4.69, 9.17) is 9.84 Å². The Kier molecular flexibility index (Phi) is 4.84. The number of aliphatic hydroxyl groups excluding tert-OH is 1. The first kappa shape index (κ1) is 15.4. The second-order valence-corrected chi connectivity index (χ2v) is 3.93. The summed E-state index contributed by atoms with van der Waals surface area (Å²) in [6, 6.07) is 5.21. The monoisotopic (exact) mass is 279 g/mol. The molecule has 0 aliphatic heterocycles. The minimum Gasteiger partial charge on any atom is -0.381 e. The van der Waals surface area contributed by atoms with Crippen LogP contribution in [0.5, 0.6) is 0 Å². The van der Waals surface area contributed by atoms with Crippen LogP contribution in [0.1, 0.15) is 12.5 Å². The summed E-state index contributed by atoms with van der Waals surface area (Å²) in [6.07, 6.45) is -8.73. The van der Waals surface area contributed by atoms with Crippen molar-refractivity contribution < 1.29 is 27.9 Å². The molecule has 0 saturated carbocycles. The Balaban J connectivity index is 2.55. The third kappa shape index (κ3) is 4.49. The number of hydrogen-bond acceptors (Lipinski definition) is 4. The van der Waals surface area contributed by atoms with Crippen molar-refractivity contribution in [3.05, 3.63) is 39.9 Å². The highest BCUT2D eigenvalue weighted by Crippen LogP contribution is 2.24. The van der Waals surface area contributed by atoms with Gasteiger partial charge in [0.1, 0.15) is 0 Å². The molecule has 8 heteroatoms. The maximum absolute atomic E-state index is 12.2. The Hall–Kier alpha value is -1.67. The number of halogens is 3. The molecule has 19 heavy (non-hydrogen) atoms. The summed E-state index contributed by atoms with van der Waals surface area (Å²) < 4.78 is 41.4. The second-order valence-electron chi connectivity index (χ2n) is 3.93. The maximum atomic E-state index is 12.2. The Labute approximate surface area is 106 Å². The molecule has 1 aromatic rings. The predicted octanol–water partition coefficient (Wildman–Crippen LogP) is 2.42. The number of ether oxygens (including phenoxy) is 1. The van der Waals surface area contributed by atoms with E-state index < -0.39 is 23.3 Å². The fourth-order valence-electron chi connectivity index (χ4n) is 1.30. The fraction of sp³-hybridized carbons (Fsp3) is 0.455. The Morgan fingerprint density at radius 3 is 2.32 bits per heavy atom. The van der Waals surface area contributed by atoms with E-state index in [0.717, 1.165) is 6.92 Å². The van der Waals surface area contributed by atoms with Crippen molar-refractivity contribution in [1.29, 1.82) is 0 Å². The van der Waals surface area contributed by atoms with Gasteiger partial charge < -0.3 is 9.84 Å². The predicted molar refractivity (Wildman–Crippen MR) is 59.4 cm³/mol. The quantitative estimate of drug-likeness (QED) is 0.663. The molecule has 0 bridgehead atoms. The van der Waals surface area contributed by atoms with Crippen molar-refractivity contribution in [2.75, 3.05) is 0 Å². The summed E-state index contributed by atoms with van der Waals surface area (Å²) in [5, 5.41) is 19.3. The lowest BCUT2D eigenvalue weighted by Crippen LogP contribution is -2.39. The van der Waals surface area contributed by atoms with Gasteiger partial charge in [0.05, 0.1) is 17.6 Å². The first-order chi connectivity index (χ1) is 8.71. The molecule has 2 atom stereocenters. The summed E-state index contributed by atoms with van der Waals surface area (Å²) in [5.41, 5.74) is 0.360. The van der Waals surface area contributed by atoms with E-state index in [9.17, 15) is 23.3 Å². The smallest absolute Gasteiger partial charge is 0.381 e. The number of non-ortho nitro benzene ring substituents is 1. The number of nitro groups is 1. The van der Waals surface area contributed by atoms with Crippen molar-refractivity contribution in [2.24, 2.45) is 0 Å². The molecule has 1 N–H and O–H groups in total. The molecular formula is C11H12F3NO4. The normalized spacial score (nSPS) is 15.0.